The van der Waals surface area contributed by atoms with Crippen LogP contribution in [-0.2, 0) is 6.61 Å². The molecule has 2 aromatic rings. The largest absolute Gasteiger partial charge is 0.472 e. The van der Waals surface area contributed by atoms with Crippen molar-refractivity contribution in [3.05, 3.63) is 47.3 Å². The van der Waals surface area contributed by atoms with E-state index in [2.05, 4.69) is 34.3 Å². The molecule has 3 rings (SSSR count). The lowest BCUT2D eigenvalue weighted by molar-refractivity contribution is 0.290. The van der Waals surface area contributed by atoms with Crippen LogP contribution in [0, 0.1) is 6.92 Å². The average molecular weight is 283 g/mol. The zero-order valence-electron chi connectivity index (χ0n) is 12.6. The Morgan fingerprint density at radius 2 is 1.95 bits per heavy atom. The first kappa shape index (κ1) is 13.9. The Labute approximate surface area is 125 Å². The van der Waals surface area contributed by atoms with Gasteiger partial charge in [-0.3, -0.25) is 0 Å². The van der Waals surface area contributed by atoms with Crippen molar-refractivity contribution < 1.29 is 4.74 Å². The van der Waals surface area contributed by atoms with Gasteiger partial charge < -0.3 is 10.1 Å². The highest BCUT2D eigenvalue weighted by Gasteiger charge is 2.28. The SMILES string of the molecule is CCNc1nc(C2CC2)nc(OCc2ccccc2)c1C. The highest BCUT2D eigenvalue weighted by molar-refractivity contribution is 5.49. The Kier molecular flexibility index (Phi) is 4.04. The first-order chi connectivity index (χ1) is 10.3. The predicted octanol–water partition coefficient (Wildman–Crippen LogP) is 3.67. The summed E-state index contributed by atoms with van der Waals surface area (Å²) in [5.41, 5.74) is 2.13. The van der Waals surface area contributed by atoms with E-state index in [0.29, 0.717) is 18.4 Å². The van der Waals surface area contributed by atoms with Gasteiger partial charge in [0.05, 0.1) is 5.56 Å². The number of ether oxygens (including phenoxy) is 1. The van der Waals surface area contributed by atoms with Crippen molar-refractivity contribution in [1.29, 1.82) is 0 Å². The normalized spacial score (nSPS) is 14.0. The highest BCUT2D eigenvalue weighted by Crippen LogP contribution is 2.40. The Morgan fingerprint density at radius 1 is 1.19 bits per heavy atom. The van der Waals surface area contributed by atoms with Gasteiger partial charge in [-0.1, -0.05) is 30.3 Å². The van der Waals surface area contributed by atoms with Crippen molar-refractivity contribution in [2.75, 3.05) is 11.9 Å². The number of hydrogen-bond acceptors (Lipinski definition) is 4. The predicted molar refractivity (Wildman–Crippen MR) is 83.7 cm³/mol. The van der Waals surface area contributed by atoms with Crippen LogP contribution >= 0.6 is 0 Å². The zero-order chi connectivity index (χ0) is 14.7. The van der Waals surface area contributed by atoms with Gasteiger partial charge in [0.1, 0.15) is 18.2 Å². The molecule has 0 spiro atoms. The molecule has 0 radical (unpaired) electrons. The van der Waals surface area contributed by atoms with E-state index in [0.717, 1.165) is 29.3 Å². The summed E-state index contributed by atoms with van der Waals surface area (Å²) in [5.74, 6) is 3.03. The molecule has 1 aliphatic carbocycles. The molecule has 1 fully saturated rings. The molecular formula is C17H21N3O. The summed E-state index contributed by atoms with van der Waals surface area (Å²) in [6.45, 7) is 5.46. The number of nitrogens with one attached hydrogen (secondary N) is 1. The molecule has 1 N–H and O–H groups in total. The third-order valence-electron chi connectivity index (χ3n) is 3.62. The third-order valence-corrected chi connectivity index (χ3v) is 3.62. The van der Waals surface area contributed by atoms with E-state index in [4.69, 9.17) is 4.74 Å². The minimum absolute atomic E-state index is 0.516. The van der Waals surface area contributed by atoms with Crippen LogP contribution in [-0.4, -0.2) is 16.5 Å². The van der Waals surface area contributed by atoms with E-state index < -0.39 is 0 Å². The van der Waals surface area contributed by atoms with Gasteiger partial charge in [0.2, 0.25) is 5.88 Å². The van der Waals surface area contributed by atoms with Crippen LogP contribution in [0.4, 0.5) is 5.82 Å². The molecule has 0 bridgehead atoms. The standard InChI is InChI=1S/C17H21N3O/c1-3-18-15-12(2)17(20-16(19-15)14-9-10-14)21-11-13-7-5-4-6-8-13/h4-8,14H,3,9-11H2,1-2H3,(H,18,19,20). The molecular weight excluding hydrogens is 262 g/mol. The Bertz CT molecular complexity index is 609. The molecule has 4 nitrogen and oxygen atoms in total. The number of benzene rings is 1. The van der Waals surface area contributed by atoms with E-state index in [9.17, 15) is 0 Å². The molecule has 0 atom stereocenters. The summed E-state index contributed by atoms with van der Waals surface area (Å²) < 4.78 is 5.94. The van der Waals surface area contributed by atoms with Crippen molar-refractivity contribution in [3.8, 4) is 5.88 Å². The lowest BCUT2D eigenvalue weighted by Gasteiger charge is -2.14. The van der Waals surface area contributed by atoms with Crippen molar-refractivity contribution >= 4 is 5.82 Å². The van der Waals surface area contributed by atoms with Gasteiger partial charge >= 0.3 is 0 Å². The van der Waals surface area contributed by atoms with Crippen LogP contribution in [0.1, 0.15) is 42.6 Å². The van der Waals surface area contributed by atoms with Crippen molar-refractivity contribution in [1.82, 2.24) is 9.97 Å². The van der Waals surface area contributed by atoms with Crippen LogP contribution in [0.25, 0.3) is 0 Å². The maximum absolute atomic E-state index is 5.94. The van der Waals surface area contributed by atoms with Gasteiger partial charge in [-0.05, 0) is 32.3 Å². The molecule has 1 aromatic heterocycles. The van der Waals surface area contributed by atoms with Gasteiger partial charge in [-0.2, -0.15) is 4.98 Å². The Hall–Kier alpha value is -2.10. The minimum Gasteiger partial charge on any atom is -0.472 e. The van der Waals surface area contributed by atoms with E-state index in [1.807, 2.05) is 25.1 Å². The summed E-state index contributed by atoms with van der Waals surface area (Å²) in [6, 6.07) is 10.2. The van der Waals surface area contributed by atoms with Crippen molar-refractivity contribution in [2.45, 2.75) is 39.2 Å². The molecule has 0 unspecified atom stereocenters. The first-order valence-corrected chi connectivity index (χ1v) is 7.57. The number of nitrogens with zero attached hydrogens (tertiary/aromatic N) is 2. The quantitative estimate of drug-likeness (QED) is 0.878. The topological polar surface area (TPSA) is 47.0 Å². The van der Waals surface area contributed by atoms with Crippen molar-refractivity contribution in [3.63, 3.8) is 0 Å². The fraction of sp³-hybridized carbons (Fsp3) is 0.412. The lowest BCUT2D eigenvalue weighted by Crippen LogP contribution is -2.09. The second-order valence-corrected chi connectivity index (χ2v) is 5.44. The number of anilines is 1. The zero-order valence-corrected chi connectivity index (χ0v) is 12.6. The molecule has 21 heavy (non-hydrogen) atoms. The molecule has 1 heterocycles. The molecule has 0 amide bonds. The van der Waals surface area contributed by atoms with E-state index in [1.165, 1.54) is 12.8 Å². The molecule has 1 aliphatic rings. The van der Waals surface area contributed by atoms with Gasteiger partial charge in [-0.25, -0.2) is 4.98 Å². The smallest absolute Gasteiger partial charge is 0.222 e. The maximum atomic E-state index is 5.94. The summed E-state index contributed by atoms with van der Waals surface area (Å²) in [6.07, 6.45) is 2.37. The molecule has 110 valence electrons. The lowest BCUT2D eigenvalue weighted by atomic mass is 10.2. The Morgan fingerprint density at radius 3 is 2.62 bits per heavy atom. The average Bonchev–Trinajstić information content (AvgIpc) is 3.34. The summed E-state index contributed by atoms with van der Waals surface area (Å²) in [7, 11) is 0. The van der Waals surface area contributed by atoms with Gasteiger partial charge in [0.25, 0.3) is 0 Å². The second-order valence-electron chi connectivity index (χ2n) is 5.44. The van der Waals surface area contributed by atoms with Crippen LogP contribution in [0.2, 0.25) is 0 Å². The van der Waals surface area contributed by atoms with Crippen molar-refractivity contribution in [2.24, 2.45) is 0 Å². The van der Waals surface area contributed by atoms with E-state index in [-0.39, 0.29) is 0 Å². The molecule has 0 aliphatic heterocycles. The molecule has 0 saturated heterocycles. The molecule has 1 saturated carbocycles. The molecule has 1 aromatic carbocycles. The Balaban J connectivity index is 1.82. The minimum atomic E-state index is 0.516. The summed E-state index contributed by atoms with van der Waals surface area (Å²) >= 11 is 0. The maximum Gasteiger partial charge on any atom is 0.222 e. The van der Waals surface area contributed by atoms with E-state index in [1.54, 1.807) is 0 Å². The van der Waals surface area contributed by atoms with Gasteiger partial charge in [-0.15, -0.1) is 0 Å². The fourth-order valence-corrected chi connectivity index (χ4v) is 2.24. The highest BCUT2D eigenvalue weighted by atomic mass is 16.5. The fourth-order valence-electron chi connectivity index (χ4n) is 2.24. The van der Waals surface area contributed by atoms with Crippen LogP contribution in [0.5, 0.6) is 5.88 Å². The number of aromatic nitrogens is 2. The molecule has 4 heteroatoms. The van der Waals surface area contributed by atoms with Crippen LogP contribution in [0.3, 0.4) is 0 Å². The van der Waals surface area contributed by atoms with Gasteiger partial charge in [0.15, 0.2) is 0 Å². The number of rotatable bonds is 6. The summed E-state index contributed by atoms with van der Waals surface area (Å²) in [4.78, 5) is 9.26. The van der Waals surface area contributed by atoms with Crippen LogP contribution < -0.4 is 10.1 Å². The first-order valence-electron chi connectivity index (χ1n) is 7.57. The number of hydrogen-bond donors (Lipinski definition) is 1. The van der Waals surface area contributed by atoms with E-state index >= 15 is 0 Å². The van der Waals surface area contributed by atoms with Crippen LogP contribution in [0.15, 0.2) is 30.3 Å². The monoisotopic (exact) mass is 283 g/mol. The summed E-state index contributed by atoms with van der Waals surface area (Å²) in [5, 5.41) is 3.31. The second kappa shape index (κ2) is 6.12. The van der Waals surface area contributed by atoms with Gasteiger partial charge in [0, 0.05) is 12.5 Å². The third kappa shape index (κ3) is 3.32.